The molecule has 1 amide bonds. The molecule has 278 valence electrons. The predicted molar refractivity (Wildman–Crippen MR) is 198 cm³/mol. The summed E-state index contributed by atoms with van der Waals surface area (Å²) in [5, 5.41) is -2.14. The molecule has 12 heteroatoms. The molecule has 1 aliphatic heterocycles. The van der Waals surface area contributed by atoms with Gasteiger partial charge in [-0.3, -0.25) is 9.59 Å². The lowest BCUT2D eigenvalue weighted by atomic mass is 9.97. The number of benzene rings is 4. The zero-order valence-corrected chi connectivity index (χ0v) is 27.5. The third kappa shape index (κ3) is 9.00. The van der Waals surface area contributed by atoms with E-state index in [0.29, 0.717) is 4.57 Å². The number of halogens is 5. The Balaban J connectivity index is 1.74. The Hall–Kier alpha value is -4.52. The van der Waals surface area contributed by atoms with Crippen LogP contribution in [0.2, 0.25) is 0 Å². The van der Waals surface area contributed by atoms with Crippen molar-refractivity contribution in [1.82, 2.24) is 14.4 Å². The maximum atomic E-state index is 15.7. The molecule has 0 saturated carbocycles. The number of hydrogen-bond acceptors (Lipinski definition) is 5. The van der Waals surface area contributed by atoms with Gasteiger partial charge in [-0.25, -0.2) is 8.78 Å². The maximum Gasteiger partial charge on any atom is 0.416 e. The summed E-state index contributed by atoms with van der Waals surface area (Å²) in [5.41, 5.74) is -9.87. The SMILES string of the molecule is [2H]c1c([2H])c(F)c(F)c(CSc2c([2H])c(=O)c3c([2H])c([2H])c([2H])c([2H])c3n2CC(=O)N(Cc2c([2H])c([2H])c(-c3c([2H])c([2H])c(C(F)(F)F)c([2H])c3[2H])c([2H])c2C)C2([2H])C([2H])([2H])C([2H])([2H])N(C([2H])([2H])COC([2H])([2H])[2H])C([2H])([2H])C2([2H])[2H])c1[2H]. The van der Waals surface area contributed by atoms with Crippen LogP contribution in [0.3, 0.4) is 0 Å². The lowest BCUT2D eigenvalue weighted by Gasteiger charge is -2.39. The van der Waals surface area contributed by atoms with E-state index in [9.17, 15) is 29.2 Å². The Morgan fingerprint density at radius 3 is 2.49 bits per heavy atom. The topological polar surface area (TPSA) is 54.8 Å². The number of ether oxygens (including phenoxy) is 1. The van der Waals surface area contributed by atoms with Crippen LogP contribution in [-0.4, -0.2) is 59.4 Å². The highest BCUT2D eigenvalue weighted by atomic mass is 32.2. The average Bonchev–Trinajstić information content (AvgIpc) is 1.22. The molecule has 0 spiro atoms. The van der Waals surface area contributed by atoms with E-state index in [1.54, 1.807) is 0 Å². The molecule has 6 rings (SSSR count). The van der Waals surface area contributed by atoms with Crippen molar-refractivity contribution in [3.05, 3.63) is 135 Å². The second-order valence-corrected chi connectivity index (χ2v) is 11.5. The number of thioether (sulfide) groups is 1. The van der Waals surface area contributed by atoms with Crippen LogP contribution >= 0.6 is 11.8 Å². The summed E-state index contributed by atoms with van der Waals surface area (Å²) in [7, 11) is -3.53. The molecule has 6 nitrogen and oxygen atoms in total. The minimum absolute atomic E-state index is 0.0137. The summed E-state index contributed by atoms with van der Waals surface area (Å²) < 4.78 is 327. The predicted octanol–water partition coefficient (Wildman–Crippen LogP) is 8.71. The number of piperidine rings is 1. The number of amides is 1. The van der Waals surface area contributed by atoms with E-state index in [2.05, 4.69) is 4.74 Å². The molecule has 1 fully saturated rings. The van der Waals surface area contributed by atoms with Crippen molar-refractivity contribution in [2.45, 2.75) is 55.7 Å². The smallest absolute Gasteiger partial charge is 0.383 e. The molecule has 1 saturated heterocycles. The number of aromatic nitrogens is 1. The molecule has 0 aliphatic carbocycles. The molecule has 2 heterocycles. The molecule has 0 N–H and O–H groups in total. The highest BCUT2D eigenvalue weighted by Crippen LogP contribution is 2.32. The van der Waals surface area contributed by atoms with Gasteiger partial charge in [-0.1, -0.05) is 54.4 Å². The number of carbonyl (C=O) groups is 1. The first-order valence-corrected chi connectivity index (χ1v) is 15.7. The number of carbonyl (C=O) groups excluding carboxylic acids is 1. The number of rotatable bonds is 12. The molecule has 5 aromatic rings. The zero-order chi connectivity index (χ0) is 63.1. The van der Waals surface area contributed by atoms with Crippen LogP contribution in [0.5, 0.6) is 0 Å². The third-order valence-corrected chi connectivity index (χ3v) is 8.17. The van der Waals surface area contributed by atoms with Crippen molar-refractivity contribution < 1.29 is 71.2 Å². The van der Waals surface area contributed by atoms with Crippen molar-refractivity contribution in [1.29, 1.82) is 0 Å². The summed E-state index contributed by atoms with van der Waals surface area (Å²) in [4.78, 5) is 28.5. The largest absolute Gasteiger partial charge is 0.416 e. The van der Waals surface area contributed by atoms with Gasteiger partial charge >= 0.3 is 6.18 Å². The summed E-state index contributed by atoms with van der Waals surface area (Å²) in [5.74, 6) is -7.12. The molecule has 0 atom stereocenters. The minimum Gasteiger partial charge on any atom is -0.383 e. The lowest BCUT2D eigenvalue weighted by molar-refractivity contribution is -0.137. The van der Waals surface area contributed by atoms with Gasteiger partial charge in [-0.2, -0.15) is 13.2 Å². The monoisotopic (exact) mass is 778 g/mol. The first-order chi connectivity index (χ1) is 37.0. The van der Waals surface area contributed by atoms with Gasteiger partial charge in [0.25, 0.3) is 0 Å². The van der Waals surface area contributed by atoms with Crippen LogP contribution in [-0.2, 0) is 34.6 Å². The van der Waals surface area contributed by atoms with Crippen LogP contribution in [0.1, 0.15) is 74.8 Å². The number of fused-ring (bicyclic) bond motifs is 1. The van der Waals surface area contributed by atoms with Crippen LogP contribution in [0, 0.1) is 18.6 Å². The molecule has 1 aromatic heterocycles. The third-order valence-electron chi connectivity index (χ3n) is 7.14. The van der Waals surface area contributed by atoms with Crippen LogP contribution in [0.15, 0.2) is 100 Å². The van der Waals surface area contributed by atoms with Gasteiger partial charge in [-0.15, -0.1) is 11.8 Å². The van der Waals surface area contributed by atoms with Crippen molar-refractivity contribution in [2.24, 2.45) is 0 Å². The Morgan fingerprint density at radius 1 is 1.02 bits per heavy atom. The summed E-state index contributed by atoms with van der Waals surface area (Å²) in [6.45, 7) is -17.8. The van der Waals surface area contributed by atoms with Crippen LogP contribution in [0.25, 0.3) is 22.0 Å². The second kappa shape index (κ2) is 16.7. The lowest BCUT2D eigenvalue weighted by Crippen LogP contribution is -2.48. The molecule has 0 radical (unpaired) electrons. The van der Waals surface area contributed by atoms with E-state index in [1.165, 1.54) is 0 Å². The number of alkyl halides is 3. The Labute approximate surface area is 349 Å². The Morgan fingerprint density at radius 2 is 1.75 bits per heavy atom. The first kappa shape index (κ1) is 16.1. The van der Waals surface area contributed by atoms with E-state index in [4.69, 9.17) is 32.9 Å². The van der Waals surface area contributed by atoms with E-state index in [0.717, 1.165) is 6.92 Å². The standard InChI is InChI=1S/C41H40F5N3O3S/c1-27-22-29(28-12-14-32(15-13-28)41(44,45)46)10-11-30(27)24-48(33-16-18-47(19-17-33)20-21-52-2)38(51)25-49-36-9-4-3-7-34(36)37(50)23-39(49)53-26-31-6-5-8-35(42)40(31)43/h3-15,22-23,33H,16-21,24-26H2,1-2H3/i2D3,3D,4D,5D,6D,7D,8D,9D,10D,11D,12D,13D,14D,15D,16D2,17D2,18D2,19D2,20D2,22D,23D,33D. The van der Waals surface area contributed by atoms with E-state index >= 15 is 9.18 Å². The van der Waals surface area contributed by atoms with Crippen molar-refractivity contribution in [2.75, 3.05) is 33.1 Å². The number of likely N-dealkylation sites (tertiary alicyclic amines) is 1. The fourth-order valence-electron chi connectivity index (χ4n) is 4.56. The molecule has 0 unspecified atom stereocenters. The molecular formula is C41H40F5N3O3S. The van der Waals surface area contributed by atoms with Gasteiger partial charge in [-0.05, 0) is 72.1 Å². The molecule has 0 bridgehead atoms. The normalized spacial score (nSPS) is 26.9. The molecular weight excluding hydrogens is 710 g/mol. The maximum absolute atomic E-state index is 15.7. The molecule has 53 heavy (non-hydrogen) atoms. The van der Waals surface area contributed by atoms with Gasteiger partial charge < -0.3 is 19.1 Å². The first-order valence-electron chi connectivity index (χ1n) is 29.2. The molecule has 4 aromatic carbocycles. The number of para-hydroxylation sites is 1. The van der Waals surface area contributed by atoms with Crippen molar-refractivity contribution >= 4 is 28.6 Å². The highest BCUT2D eigenvalue weighted by Gasteiger charge is 2.31. The van der Waals surface area contributed by atoms with Gasteiger partial charge in [0.2, 0.25) is 5.91 Å². The van der Waals surface area contributed by atoms with Crippen molar-refractivity contribution in [3.63, 3.8) is 0 Å². The molecule has 1 aliphatic rings. The van der Waals surface area contributed by atoms with E-state index in [-0.39, 0.29) is 11.8 Å². The summed E-state index contributed by atoms with van der Waals surface area (Å²) in [6.07, 6.45) is -14.9. The van der Waals surface area contributed by atoms with E-state index < -0.39 is 250 Å². The van der Waals surface area contributed by atoms with Gasteiger partial charge in [0, 0.05) is 75.5 Å². The summed E-state index contributed by atoms with van der Waals surface area (Å²) >= 11 is 0.0137. The van der Waals surface area contributed by atoms with Gasteiger partial charge in [0.15, 0.2) is 17.1 Å². The van der Waals surface area contributed by atoms with E-state index in [1.807, 2.05) is 0 Å². The minimum atomic E-state index is -5.51. The van der Waals surface area contributed by atoms with Gasteiger partial charge in [0.05, 0.1) is 48.8 Å². The second-order valence-electron chi connectivity index (χ2n) is 10.5. The number of hydrogen-bond donors (Lipinski definition) is 0. The number of nitrogens with zero attached hydrogens (tertiary/aromatic N) is 3. The van der Waals surface area contributed by atoms with Gasteiger partial charge in [0.1, 0.15) is 6.54 Å². The fourth-order valence-corrected chi connectivity index (χ4v) is 5.51. The van der Waals surface area contributed by atoms with Crippen LogP contribution < -0.4 is 5.43 Å². The fraction of sp³-hybridized carbons (Fsp3) is 0.317. The van der Waals surface area contributed by atoms with Crippen molar-refractivity contribution in [3.8, 4) is 11.1 Å². The zero-order valence-electron chi connectivity index (χ0n) is 55.7. The Kier molecular flexibility index (Phi) is 5.05. The Bertz CT molecular complexity index is 3480. The quantitative estimate of drug-likeness (QED) is 0.0938. The van der Waals surface area contributed by atoms with Crippen LogP contribution in [0.4, 0.5) is 22.0 Å². The number of methoxy groups -OCH3 is 1. The highest BCUT2D eigenvalue weighted by molar-refractivity contribution is 7.98. The number of pyridine rings is 1. The summed E-state index contributed by atoms with van der Waals surface area (Å²) in [6, 6.07) is -24.9. The average molecular weight is 779 g/mol.